The van der Waals surface area contributed by atoms with Gasteiger partial charge in [-0.25, -0.2) is 0 Å². The van der Waals surface area contributed by atoms with Crippen LogP contribution in [-0.2, 0) is 13.2 Å². The molecule has 114 valence electrons. The van der Waals surface area contributed by atoms with Crippen LogP contribution in [0.4, 0.5) is 0 Å². The fourth-order valence-electron chi connectivity index (χ4n) is 2.04. The Morgan fingerprint density at radius 1 is 1.29 bits per heavy atom. The number of hydrogen-bond acceptors (Lipinski definition) is 3. The number of aryl methyl sites for hydroxylation is 1. The van der Waals surface area contributed by atoms with Crippen LogP contribution < -0.4 is 10.1 Å². The van der Waals surface area contributed by atoms with E-state index in [1.807, 2.05) is 31.2 Å². The lowest BCUT2D eigenvalue weighted by molar-refractivity contribution is 0.267. The van der Waals surface area contributed by atoms with Crippen LogP contribution in [0.5, 0.6) is 5.75 Å². The van der Waals surface area contributed by atoms with E-state index in [9.17, 15) is 0 Å². The van der Waals surface area contributed by atoms with Crippen LogP contribution in [0.25, 0.3) is 0 Å². The average molecular weight is 399 g/mol. The molecule has 0 unspecified atom stereocenters. The molecule has 0 saturated carbocycles. The van der Waals surface area contributed by atoms with E-state index in [2.05, 4.69) is 47.8 Å². The monoisotopic (exact) mass is 399 g/mol. The van der Waals surface area contributed by atoms with Gasteiger partial charge in [0.1, 0.15) is 23.9 Å². The number of ether oxygens (including phenoxy) is 1. The molecule has 0 aliphatic carbocycles. The number of nitrogens with one attached hydrogen (secondary N) is 1. The lowest BCUT2D eigenvalue weighted by Crippen LogP contribution is -2.18. The maximum absolute atomic E-state index is 5.76. The van der Waals surface area contributed by atoms with Gasteiger partial charge in [0.15, 0.2) is 0 Å². The Kier molecular flexibility index (Phi) is 6.11. The Balaban J connectivity index is 1.89. The minimum Gasteiger partial charge on any atom is -0.486 e. The Labute approximate surface area is 140 Å². The van der Waals surface area contributed by atoms with E-state index in [1.54, 1.807) is 0 Å². The van der Waals surface area contributed by atoms with Crippen LogP contribution in [0.3, 0.4) is 0 Å². The highest BCUT2D eigenvalue weighted by molar-refractivity contribution is 14.1. The average Bonchev–Trinajstić information content (AvgIpc) is 2.77. The van der Waals surface area contributed by atoms with Crippen molar-refractivity contribution in [3.8, 4) is 5.75 Å². The second-order valence-electron chi connectivity index (χ2n) is 5.56. The molecule has 21 heavy (non-hydrogen) atoms. The summed E-state index contributed by atoms with van der Waals surface area (Å²) >= 11 is 2.28. The molecule has 0 bridgehead atoms. The molecule has 1 heterocycles. The van der Waals surface area contributed by atoms with Gasteiger partial charge in [0.2, 0.25) is 0 Å². The van der Waals surface area contributed by atoms with Crippen molar-refractivity contribution in [3.05, 3.63) is 51.0 Å². The normalized spacial score (nSPS) is 11.1. The van der Waals surface area contributed by atoms with E-state index in [-0.39, 0.29) is 0 Å². The number of furan rings is 1. The largest absolute Gasteiger partial charge is 0.486 e. The van der Waals surface area contributed by atoms with Crippen LogP contribution in [0.2, 0.25) is 0 Å². The minimum atomic E-state index is 0.463. The van der Waals surface area contributed by atoms with Crippen LogP contribution in [0.15, 0.2) is 34.7 Å². The molecule has 0 atom stereocenters. The number of halogens is 1. The fourth-order valence-corrected chi connectivity index (χ4v) is 2.56. The molecule has 1 aromatic heterocycles. The third-order valence-electron chi connectivity index (χ3n) is 3.12. The Morgan fingerprint density at radius 3 is 2.81 bits per heavy atom. The highest BCUT2D eigenvalue weighted by Crippen LogP contribution is 2.19. The minimum absolute atomic E-state index is 0.463. The molecule has 0 saturated heterocycles. The first-order valence-corrected chi connectivity index (χ1v) is 8.29. The molecule has 1 aromatic carbocycles. The van der Waals surface area contributed by atoms with Crippen molar-refractivity contribution in [3.63, 3.8) is 0 Å². The summed E-state index contributed by atoms with van der Waals surface area (Å²) in [7, 11) is 0. The second-order valence-corrected chi connectivity index (χ2v) is 6.81. The predicted molar refractivity (Wildman–Crippen MR) is 93.5 cm³/mol. The molecule has 2 aromatic rings. The molecule has 0 aliphatic heterocycles. The van der Waals surface area contributed by atoms with Gasteiger partial charge >= 0.3 is 0 Å². The first-order chi connectivity index (χ1) is 10.0. The SMILES string of the molecule is Cc1oc(COc2cccc(I)c2)cc1CNCC(C)C. The van der Waals surface area contributed by atoms with Gasteiger partial charge in [0, 0.05) is 15.7 Å². The van der Waals surface area contributed by atoms with Gasteiger partial charge < -0.3 is 14.5 Å². The first-order valence-electron chi connectivity index (χ1n) is 7.22. The Bertz CT molecular complexity index is 578. The zero-order chi connectivity index (χ0) is 15.2. The van der Waals surface area contributed by atoms with Crippen molar-refractivity contribution in [2.45, 2.75) is 33.9 Å². The van der Waals surface area contributed by atoms with Crippen LogP contribution in [-0.4, -0.2) is 6.54 Å². The van der Waals surface area contributed by atoms with Crippen molar-refractivity contribution in [1.82, 2.24) is 5.32 Å². The smallest absolute Gasteiger partial charge is 0.146 e. The maximum Gasteiger partial charge on any atom is 0.146 e. The summed E-state index contributed by atoms with van der Waals surface area (Å²) in [5.74, 6) is 3.36. The highest BCUT2D eigenvalue weighted by Gasteiger charge is 2.08. The number of hydrogen-bond donors (Lipinski definition) is 1. The van der Waals surface area contributed by atoms with Gasteiger partial charge in [0.05, 0.1) is 0 Å². The molecule has 0 radical (unpaired) electrons. The van der Waals surface area contributed by atoms with Crippen molar-refractivity contribution in [2.75, 3.05) is 6.54 Å². The van der Waals surface area contributed by atoms with Gasteiger partial charge in [0.25, 0.3) is 0 Å². The van der Waals surface area contributed by atoms with Crippen molar-refractivity contribution >= 4 is 22.6 Å². The standard InChI is InChI=1S/C17H22INO2/c1-12(2)9-19-10-14-7-17(21-13(14)3)11-20-16-6-4-5-15(18)8-16/h4-8,12,19H,9-11H2,1-3H3. The summed E-state index contributed by atoms with van der Waals surface area (Å²) < 4.78 is 12.7. The van der Waals surface area contributed by atoms with Crippen molar-refractivity contribution < 1.29 is 9.15 Å². The Morgan fingerprint density at radius 2 is 2.10 bits per heavy atom. The second kappa shape index (κ2) is 7.84. The summed E-state index contributed by atoms with van der Waals surface area (Å²) in [6, 6.07) is 10.1. The number of benzene rings is 1. The third-order valence-corrected chi connectivity index (χ3v) is 3.79. The van der Waals surface area contributed by atoms with E-state index < -0.39 is 0 Å². The summed E-state index contributed by atoms with van der Waals surface area (Å²) in [4.78, 5) is 0. The first kappa shape index (κ1) is 16.4. The van der Waals surface area contributed by atoms with Crippen LogP contribution >= 0.6 is 22.6 Å². The van der Waals surface area contributed by atoms with Crippen molar-refractivity contribution in [1.29, 1.82) is 0 Å². The van der Waals surface area contributed by atoms with Gasteiger partial charge in [-0.1, -0.05) is 19.9 Å². The Hall–Kier alpha value is -1.01. The van der Waals surface area contributed by atoms with Gasteiger partial charge in [-0.3, -0.25) is 0 Å². The van der Waals surface area contributed by atoms with Crippen molar-refractivity contribution in [2.24, 2.45) is 5.92 Å². The molecule has 4 heteroatoms. The molecular formula is C17H22INO2. The quantitative estimate of drug-likeness (QED) is 0.696. The molecule has 3 nitrogen and oxygen atoms in total. The molecule has 0 fully saturated rings. The fraction of sp³-hybridized carbons (Fsp3) is 0.412. The molecule has 1 N–H and O–H groups in total. The third kappa shape index (κ3) is 5.36. The molecule has 0 aliphatic rings. The van der Waals surface area contributed by atoms with E-state index in [4.69, 9.17) is 9.15 Å². The zero-order valence-corrected chi connectivity index (χ0v) is 14.9. The predicted octanol–water partition coefficient (Wildman–Crippen LogP) is 4.52. The maximum atomic E-state index is 5.76. The molecular weight excluding hydrogens is 377 g/mol. The topological polar surface area (TPSA) is 34.4 Å². The summed E-state index contributed by atoms with van der Waals surface area (Å²) in [6.45, 7) is 8.73. The summed E-state index contributed by atoms with van der Waals surface area (Å²) in [5.41, 5.74) is 1.21. The lowest BCUT2D eigenvalue weighted by atomic mass is 10.2. The van der Waals surface area contributed by atoms with Gasteiger partial charge in [-0.2, -0.15) is 0 Å². The summed E-state index contributed by atoms with van der Waals surface area (Å²) in [5, 5.41) is 3.43. The van der Waals surface area contributed by atoms with E-state index >= 15 is 0 Å². The molecule has 0 spiro atoms. The highest BCUT2D eigenvalue weighted by atomic mass is 127. The van der Waals surface area contributed by atoms with E-state index in [1.165, 1.54) is 9.13 Å². The molecule has 0 amide bonds. The molecule has 2 rings (SSSR count). The zero-order valence-electron chi connectivity index (χ0n) is 12.8. The van der Waals surface area contributed by atoms with E-state index in [0.717, 1.165) is 30.4 Å². The van der Waals surface area contributed by atoms with E-state index in [0.29, 0.717) is 12.5 Å². The van der Waals surface area contributed by atoms with Crippen LogP contribution in [0.1, 0.15) is 30.9 Å². The van der Waals surface area contributed by atoms with Gasteiger partial charge in [-0.05, 0) is 66.2 Å². The van der Waals surface area contributed by atoms with Crippen LogP contribution in [0, 0.1) is 16.4 Å². The van der Waals surface area contributed by atoms with Gasteiger partial charge in [-0.15, -0.1) is 0 Å². The summed E-state index contributed by atoms with van der Waals surface area (Å²) in [6.07, 6.45) is 0. The lowest BCUT2D eigenvalue weighted by Gasteiger charge is -2.05. The number of rotatable bonds is 7.